The minimum Gasteiger partial charge on any atom is -0.314 e. The summed E-state index contributed by atoms with van der Waals surface area (Å²) < 4.78 is 36.0. The molecule has 0 aliphatic carbocycles. The highest BCUT2D eigenvalue weighted by Crippen LogP contribution is 2.26. The first kappa shape index (κ1) is 15.8. The van der Waals surface area contributed by atoms with E-state index in [1.54, 1.807) is 0 Å². The first-order valence-corrected chi connectivity index (χ1v) is 5.94. The van der Waals surface area contributed by atoms with Gasteiger partial charge in [-0.2, -0.15) is 13.2 Å². The van der Waals surface area contributed by atoms with E-state index in [1.807, 2.05) is 6.92 Å². The summed E-state index contributed by atoms with van der Waals surface area (Å²) in [6.45, 7) is 9.13. The molecule has 0 rings (SSSR count). The fourth-order valence-electron chi connectivity index (χ4n) is 1.85. The van der Waals surface area contributed by atoms with Crippen LogP contribution in [0.2, 0.25) is 0 Å². The van der Waals surface area contributed by atoms with Crippen LogP contribution in [0.25, 0.3) is 0 Å². The Morgan fingerprint density at radius 1 is 1.12 bits per heavy atom. The zero-order valence-electron chi connectivity index (χ0n) is 10.7. The average molecular weight is 239 g/mol. The van der Waals surface area contributed by atoms with Gasteiger partial charge in [0.15, 0.2) is 0 Å². The van der Waals surface area contributed by atoms with Crippen molar-refractivity contribution in [3.8, 4) is 0 Å². The normalized spacial score (nSPS) is 15.2. The van der Waals surface area contributed by atoms with E-state index in [0.29, 0.717) is 6.42 Å². The number of nitrogens with one attached hydrogen (secondary N) is 1. The predicted molar refractivity (Wildman–Crippen MR) is 61.4 cm³/mol. The molecule has 1 N–H and O–H groups in total. The smallest absolute Gasteiger partial charge is 0.314 e. The molecule has 0 amide bonds. The summed E-state index contributed by atoms with van der Waals surface area (Å²) in [5.41, 5.74) is 0.158. The number of rotatable bonds is 6. The standard InChI is InChI=1S/C12H24F3N/c1-5-16-10(9-11(2,3)4)7-6-8-12(13,14)15/h10,16H,5-9H2,1-4H3. The summed E-state index contributed by atoms with van der Waals surface area (Å²) in [7, 11) is 0. The fourth-order valence-corrected chi connectivity index (χ4v) is 1.85. The van der Waals surface area contributed by atoms with Crippen molar-refractivity contribution in [1.29, 1.82) is 0 Å². The Labute approximate surface area is 96.8 Å². The van der Waals surface area contributed by atoms with Crippen molar-refractivity contribution in [2.24, 2.45) is 5.41 Å². The Bertz CT molecular complexity index is 182. The maximum Gasteiger partial charge on any atom is 0.389 e. The molecule has 1 nitrogen and oxygen atoms in total. The van der Waals surface area contributed by atoms with Gasteiger partial charge in [-0.1, -0.05) is 27.7 Å². The molecular weight excluding hydrogens is 215 g/mol. The highest BCUT2D eigenvalue weighted by Gasteiger charge is 2.27. The fraction of sp³-hybridized carbons (Fsp3) is 1.00. The lowest BCUT2D eigenvalue weighted by Crippen LogP contribution is -2.33. The monoisotopic (exact) mass is 239 g/mol. The molecule has 0 aromatic rings. The Morgan fingerprint density at radius 2 is 1.69 bits per heavy atom. The molecular formula is C12H24F3N. The lowest BCUT2D eigenvalue weighted by molar-refractivity contribution is -0.135. The van der Waals surface area contributed by atoms with E-state index in [2.05, 4.69) is 26.1 Å². The lowest BCUT2D eigenvalue weighted by atomic mass is 9.86. The Morgan fingerprint density at radius 3 is 2.06 bits per heavy atom. The predicted octanol–water partition coefficient (Wildman–Crippen LogP) is 4.13. The van der Waals surface area contributed by atoms with Crippen molar-refractivity contribution in [3.63, 3.8) is 0 Å². The Kier molecular flexibility index (Phi) is 6.38. The van der Waals surface area contributed by atoms with Gasteiger partial charge in [-0.15, -0.1) is 0 Å². The third-order valence-corrected chi connectivity index (χ3v) is 2.36. The molecule has 1 atom stereocenters. The third-order valence-electron chi connectivity index (χ3n) is 2.36. The van der Waals surface area contributed by atoms with Crippen molar-refractivity contribution in [3.05, 3.63) is 0 Å². The molecule has 0 aromatic carbocycles. The third kappa shape index (κ3) is 10.3. The summed E-state index contributed by atoms with van der Waals surface area (Å²) in [5, 5.41) is 3.26. The largest absolute Gasteiger partial charge is 0.389 e. The molecule has 0 radical (unpaired) electrons. The van der Waals surface area contributed by atoms with Crippen LogP contribution in [0, 0.1) is 5.41 Å². The van der Waals surface area contributed by atoms with Crippen LogP contribution in [0.1, 0.15) is 53.4 Å². The lowest BCUT2D eigenvalue weighted by Gasteiger charge is -2.26. The van der Waals surface area contributed by atoms with Crippen LogP contribution in [-0.2, 0) is 0 Å². The average Bonchev–Trinajstić information content (AvgIpc) is 1.98. The molecule has 0 heterocycles. The van der Waals surface area contributed by atoms with Gasteiger partial charge in [0, 0.05) is 12.5 Å². The molecule has 0 aliphatic rings. The van der Waals surface area contributed by atoms with Crippen LogP contribution in [0.4, 0.5) is 13.2 Å². The van der Waals surface area contributed by atoms with Crippen LogP contribution < -0.4 is 5.32 Å². The minimum atomic E-state index is -4.02. The minimum absolute atomic E-state index is 0.158. The molecule has 0 bridgehead atoms. The van der Waals surface area contributed by atoms with Gasteiger partial charge >= 0.3 is 6.18 Å². The van der Waals surface area contributed by atoms with Gasteiger partial charge < -0.3 is 5.32 Å². The van der Waals surface area contributed by atoms with Crippen LogP contribution in [-0.4, -0.2) is 18.8 Å². The summed E-state index contributed by atoms with van der Waals surface area (Å²) in [5.74, 6) is 0. The highest BCUT2D eigenvalue weighted by molar-refractivity contribution is 4.74. The van der Waals surface area contributed by atoms with E-state index in [-0.39, 0.29) is 17.9 Å². The number of hydrogen-bond donors (Lipinski definition) is 1. The summed E-state index contributed by atoms with van der Waals surface area (Å²) >= 11 is 0. The first-order chi connectivity index (χ1) is 7.14. The van der Waals surface area contributed by atoms with Gasteiger partial charge in [-0.25, -0.2) is 0 Å². The van der Waals surface area contributed by atoms with E-state index in [4.69, 9.17) is 0 Å². The summed E-state index contributed by atoms with van der Waals surface area (Å²) in [6, 6.07) is 0.201. The SMILES string of the molecule is CCNC(CCCC(F)(F)F)CC(C)(C)C. The molecule has 1 unspecified atom stereocenters. The van der Waals surface area contributed by atoms with Crippen molar-refractivity contribution in [2.45, 2.75) is 65.6 Å². The summed E-state index contributed by atoms with van der Waals surface area (Å²) in [6.07, 6.45) is -2.95. The number of alkyl halides is 3. The Hall–Kier alpha value is -0.250. The topological polar surface area (TPSA) is 12.0 Å². The maximum absolute atomic E-state index is 12.0. The van der Waals surface area contributed by atoms with Crippen LogP contribution in [0.5, 0.6) is 0 Å². The van der Waals surface area contributed by atoms with Crippen LogP contribution in [0.3, 0.4) is 0 Å². The van der Waals surface area contributed by atoms with Gasteiger partial charge in [0.25, 0.3) is 0 Å². The van der Waals surface area contributed by atoms with Gasteiger partial charge in [0.1, 0.15) is 0 Å². The van der Waals surface area contributed by atoms with Gasteiger partial charge in [0.2, 0.25) is 0 Å². The second-order valence-electron chi connectivity index (χ2n) is 5.53. The van der Waals surface area contributed by atoms with Crippen molar-refractivity contribution in [2.75, 3.05) is 6.54 Å². The second-order valence-corrected chi connectivity index (χ2v) is 5.53. The van der Waals surface area contributed by atoms with Gasteiger partial charge in [-0.05, 0) is 31.2 Å². The molecule has 0 aromatic heterocycles. The van der Waals surface area contributed by atoms with E-state index >= 15 is 0 Å². The van der Waals surface area contributed by atoms with Gasteiger partial charge in [-0.3, -0.25) is 0 Å². The highest BCUT2D eigenvalue weighted by atomic mass is 19.4. The molecule has 98 valence electrons. The first-order valence-electron chi connectivity index (χ1n) is 5.94. The van der Waals surface area contributed by atoms with Crippen molar-refractivity contribution < 1.29 is 13.2 Å². The quantitative estimate of drug-likeness (QED) is 0.734. The van der Waals surface area contributed by atoms with E-state index < -0.39 is 12.6 Å². The van der Waals surface area contributed by atoms with Crippen LogP contribution in [0.15, 0.2) is 0 Å². The maximum atomic E-state index is 12.0. The molecule has 4 heteroatoms. The summed E-state index contributed by atoms with van der Waals surface area (Å²) in [4.78, 5) is 0. The van der Waals surface area contributed by atoms with Crippen molar-refractivity contribution >= 4 is 0 Å². The molecule has 0 spiro atoms. The second kappa shape index (κ2) is 6.48. The molecule has 0 saturated heterocycles. The van der Waals surface area contributed by atoms with E-state index in [1.165, 1.54) is 0 Å². The molecule has 0 fully saturated rings. The Balaban J connectivity index is 3.95. The number of halogens is 3. The molecule has 0 aliphatic heterocycles. The zero-order valence-corrected chi connectivity index (χ0v) is 10.7. The van der Waals surface area contributed by atoms with Crippen LogP contribution >= 0.6 is 0 Å². The zero-order chi connectivity index (χ0) is 12.8. The molecule has 16 heavy (non-hydrogen) atoms. The number of hydrogen-bond acceptors (Lipinski definition) is 1. The van der Waals surface area contributed by atoms with E-state index in [9.17, 15) is 13.2 Å². The molecule has 0 saturated carbocycles. The van der Waals surface area contributed by atoms with Gasteiger partial charge in [0.05, 0.1) is 0 Å². The van der Waals surface area contributed by atoms with Crippen molar-refractivity contribution in [1.82, 2.24) is 5.32 Å². The van der Waals surface area contributed by atoms with E-state index in [0.717, 1.165) is 13.0 Å².